The first-order valence-electron chi connectivity index (χ1n) is 4.50. The topological polar surface area (TPSA) is 37.8 Å². The van der Waals surface area contributed by atoms with Gasteiger partial charge in [-0.1, -0.05) is 20.8 Å². The average Bonchev–Trinajstić information content (AvgIpc) is 2.05. The number of nitrogens with zero attached hydrogens (tertiary/aromatic N) is 2. The Kier molecular flexibility index (Phi) is 2.98. The molecular formula is C10H17N3. The molecule has 3 heteroatoms. The van der Waals surface area contributed by atoms with Crippen LogP contribution in [0.3, 0.4) is 0 Å². The summed E-state index contributed by atoms with van der Waals surface area (Å²) in [6, 6.07) is 2.03. The molecule has 0 aromatic carbocycles. The predicted molar refractivity (Wildman–Crippen MR) is 53.3 cm³/mol. The van der Waals surface area contributed by atoms with Crippen LogP contribution in [-0.4, -0.2) is 17.0 Å². The molecule has 1 unspecified atom stereocenters. The molecule has 0 aliphatic rings. The minimum absolute atomic E-state index is 0.135. The van der Waals surface area contributed by atoms with Gasteiger partial charge in [-0.3, -0.25) is 0 Å². The van der Waals surface area contributed by atoms with E-state index in [-0.39, 0.29) is 11.5 Å². The van der Waals surface area contributed by atoms with Crippen LogP contribution in [0.25, 0.3) is 0 Å². The maximum Gasteiger partial charge on any atom is 0.145 e. The number of hydrogen-bond acceptors (Lipinski definition) is 3. The van der Waals surface area contributed by atoms with Crippen molar-refractivity contribution in [3.8, 4) is 0 Å². The van der Waals surface area contributed by atoms with Gasteiger partial charge >= 0.3 is 0 Å². The van der Waals surface area contributed by atoms with Crippen LogP contribution in [0.5, 0.6) is 0 Å². The molecule has 0 aliphatic carbocycles. The SMILES string of the molecule is CNC(c1ncccn1)C(C)(C)C. The van der Waals surface area contributed by atoms with Gasteiger partial charge in [0, 0.05) is 12.4 Å². The fourth-order valence-electron chi connectivity index (χ4n) is 1.41. The molecule has 0 spiro atoms. The van der Waals surface area contributed by atoms with Gasteiger partial charge in [0.1, 0.15) is 5.82 Å². The van der Waals surface area contributed by atoms with E-state index >= 15 is 0 Å². The van der Waals surface area contributed by atoms with E-state index in [4.69, 9.17) is 0 Å². The lowest BCUT2D eigenvalue weighted by Gasteiger charge is -2.28. The van der Waals surface area contributed by atoms with Crippen molar-refractivity contribution in [1.29, 1.82) is 0 Å². The van der Waals surface area contributed by atoms with Crippen LogP contribution < -0.4 is 5.32 Å². The third kappa shape index (κ3) is 2.49. The Morgan fingerprint density at radius 1 is 1.23 bits per heavy atom. The third-order valence-electron chi connectivity index (χ3n) is 2.00. The van der Waals surface area contributed by atoms with Crippen molar-refractivity contribution in [2.24, 2.45) is 5.41 Å². The Morgan fingerprint density at radius 2 is 1.77 bits per heavy atom. The van der Waals surface area contributed by atoms with Crippen molar-refractivity contribution in [3.63, 3.8) is 0 Å². The maximum absolute atomic E-state index is 4.24. The van der Waals surface area contributed by atoms with E-state index in [2.05, 4.69) is 36.1 Å². The molecule has 0 bridgehead atoms. The molecule has 0 fully saturated rings. The molecule has 13 heavy (non-hydrogen) atoms. The molecule has 0 radical (unpaired) electrons. The summed E-state index contributed by atoms with van der Waals surface area (Å²) in [4.78, 5) is 8.49. The Balaban J connectivity index is 2.92. The molecule has 0 saturated heterocycles. The second kappa shape index (κ2) is 3.83. The van der Waals surface area contributed by atoms with Gasteiger partial charge in [0.15, 0.2) is 0 Å². The summed E-state index contributed by atoms with van der Waals surface area (Å²) < 4.78 is 0. The average molecular weight is 179 g/mol. The fraction of sp³-hybridized carbons (Fsp3) is 0.600. The first-order valence-corrected chi connectivity index (χ1v) is 4.50. The summed E-state index contributed by atoms with van der Waals surface area (Å²) in [5.41, 5.74) is 0.135. The number of nitrogens with one attached hydrogen (secondary N) is 1. The zero-order valence-corrected chi connectivity index (χ0v) is 8.70. The van der Waals surface area contributed by atoms with Gasteiger partial charge in [-0.05, 0) is 18.5 Å². The van der Waals surface area contributed by atoms with Gasteiger partial charge in [0.2, 0.25) is 0 Å². The minimum atomic E-state index is 0.135. The highest BCUT2D eigenvalue weighted by Gasteiger charge is 2.26. The zero-order valence-electron chi connectivity index (χ0n) is 8.70. The van der Waals surface area contributed by atoms with Gasteiger partial charge in [-0.25, -0.2) is 9.97 Å². The van der Waals surface area contributed by atoms with Crippen molar-refractivity contribution >= 4 is 0 Å². The van der Waals surface area contributed by atoms with Crippen molar-refractivity contribution < 1.29 is 0 Å². The van der Waals surface area contributed by atoms with Crippen LogP contribution in [-0.2, 0) is 0 Å². The third-order valence-corrected chi connectivity index (χ3v) is 2.00. The molecule has 72 valence electrons. The summed E-state index contributed by atoms with van der Waals surface area (Å²) in [6.07, 6.45) is 3.55. The zero-order chi connectivity index (χ0) is 9.90. The summed E-state index contributed by atoms with van der Waals surface area (Å²) in [5, 5.41) is 3.23. The monoisotopic (exact) mass is 179 g/mol. The summed E-state index contributed by atoms with van der Waals surface area (Å²) in [5.74, 6) is 0.859. The molecule has 1 atom stereocenters. The van der Waals surface area contributed by atoms with E-state index in [0.29, 0.717) is 0 Å². The van der Waals surface area contributed by atoms with E-state index in [1.807, 2.05) is 13.1 Å². The van der Waals surface area contributed by atoms with Crippen LogP contribution >= 0.6 is 0 Å². The first kappa shape index (κ1) is 10.1. The van der Waals surface area contributed by atoms with Crippen LogP contribution in [0.2, 0.25) is 0 Å². The van der Waals surface area contributed by atoms with Crippen LogP contribution in [0.15, 0.2) is 18.5 Å². The van der Waals surface area contributed by atoms with Crippen molar-refractivity contribution in [1.82, 2.24) is 15.3 Å². The molecular weight excluding hydrogens is 162 g/mol. The summed E-state index contributed by atoms with van der Waals surface area (Å²) in [7, 11) is 1.94. The summed E-state index contributed by atoms with van der Waals surface area (Å²) >= 11 is 0. The normalized spacial score (nSPS) is 14.2. The quantitative estimate of drug-likeness (QED) is 0.752. The van der Waals surface area contributed by atoms with Gasteiger partial charge in [-0.15, -0.1) is 0 Å². The molecule has 1 N–H and O–H groups in total. The Hall–Kier alpha value is -0.960. The Morgan fingerprint density at radius 3 is 2.15 bits per heavy atom. The highest BCUT2D eigenvalue weighted by Crippen LogP contribution is 2.29. The standard InChI is InChI=1S/C10H17N3/c1-10(2,3)8(11-4)9-12-6-5-7-13-9/h5-8,11H,1-4H3. The lowest BCUT2D eigenvalue weighted by atomic mass is 9.86. The molecule has 0 aliphatic heterocycles. The van der Waals surface area contributed by atoms with Crippen molar-refractivity contribution in [2.45, 2.75) is 26.8 Å². The van der Waals surface area contributed by atoms with Crippen LogP contribution in [0, 0.1) is 5.41 Å². The second-order valence-electron chi connectivity index (χ2n) is 4.19. The summed E-state index contributed by atoms with van der Waals surface area (Å²) in [6.45, 7) is 6.51. The number of aromatic nitrogens is 2. The van der Waals surface area contributed by atoms with E-state index in [1.165, 1.54) is 0 Å². The Bertz CT molecular complexity index is 251. The van der Waals surface area contributed by atoms with Gasteiger partial charge in [0.25, 0.3) is 0 Å². The van der Waals surface area contributed by atoms with Crippen molar-refractivity contribution in [2.75, 3.05) is 7.05 Å². The lowest BCUT2D eigenvalue weighted by Crippen LogP contribution is -2.31. The second-order valence-corrected chi connectivity index (χ2v) is 4.19. The van der Waals surface area contributed by atoms with E-state index in [1.54, 1.807) is 12.4 Å². The maximum atomic E-state index is 4.24. The van der Waals surface area contributed by atoms with Gasteiger partial charge in [0.05, 0.1) is 6.04 Å². The molecule has 0 amide bonds. The minimum Gasteiger partial charge on any atom is -0.310 e. The molecule has 3 nitrogen and oxygen atoms in total. The highest BCUT2D eigenvalue weighted by atomic mass is 15.0. The smallest absolute Gasteiger partial charge is 0.145 e. The molecule has 1 rings (SSSR count). The van der Waals surface area contributed by atoms with Gasteiger partial charge < -0.3 is 5.32 Å². The predicted octanol–water partition coefficient (Wildman–Crippen LogP) is 1.78. The largest absolute Gasteiger partial charge is 0.310 e. The number of rotatable bonds is 2. The Labute approximate surface area is 79.6 Å². The first-order chi connectivity index (χ1) is 6.05. The van der Waals surface area contributed by atoms with Crippen LogP contribution in [0.4, 0.5) is 0 Å². The molecule has 1 aromatic heterocycles. The highest BCUT2D eigenvalue weighted by molar-refractivity contribution is 5.00. The number of hydrogen-bond donors (Lipinski definition) is 1. The van der Waals surface area contributed by atoms with E-state index in [9.17, 15) is 0 Å². The van der Waals surface area contributed by atoms with Crippen LogP contribution in [0.1, 0.15) is 32.6 Å². The van der Waals surface area contributed by atoms with Crippen molar-refractivity contribution in [3.05, 3.63) is 24.3 Å². The fourth-order valence-corrected chi connectivity index (χ4v) is 1.41. The van der Waals surface area contributed by atoms with Gasteiger partial charge in [-0.2, -0.15) is 0 Å². The molecule has 1 heterocycles. The van der Waals surface area contributed by atoms with E-state index in [0.717, 1.165) is 5.82 Å². The molecule has 0 saturated carbocycles. The lowest BCUT2D eigenvalue weighted by molar-refractivity contribution is 0.275. The molecule has 1 aromatic rings. The van der Waals surface area contributed by atoms with E-state index < -0.39 is 0 Å².